The van der Waals surface area contributed by atoms with Gasteiger partial charge in [0.25, 0.3) is 5.91 Å². The number of nitrogens with zero attached hydrogens (tertiary/aromatic N) is 2. The number of H-pyrrole nitrogens is 1. The normalized spacial score (nSPS) is 10.7. The minimum absolute atomic E-state index is 0.192. The van der Waals surface area contributed by atoms with Crippen LogP contribution in [0.2, 0.25) is 5.15 Å². The van der Waals surface area contributed by atoms with Crippen molar-refractivity contribution in [3.63, 3.8) is 0 Å². The Kier molecular flexibility index (Phi) is 5.45. The summed E-state index contributed by atoms with van der Waals surface area (Å²) in [5.74, 6) is 0.0842. The number of fused-ring (bicyclic) bond motifs is 1. The number of halogens is 1. The summed E-state index contributed by atoms with van der Waals surface area (Å²) in [7, 11) is 1.52. The van der Waals surface area contributed by atoms with E-state index in [9.17, 15) is 9.59 Å². The van der Waals surface area contributed by atoms with Gasteiger partial charge >= 0.3 is 0 Å². The summed E-state index contributed by atoms with van der Waals surface area (Å²) in [6.07, 6.45) is 2.92. The van der Waals surface area contributed by atoms with Gasteiger partial charge in [0.1, 0.15) is 22.9 Å². The third kappa shape index (κ3) is 3.75. The first kappa shape index (κ1) is 19.6. The molecule has 0 aliphatic heterocycles. The lowest BCUT2D eigenvalue weighted by molar-refractivity contribution is 0.0947. The zero-order chi connectivity index (χ0) is 21.1. The monoisotopic (exact) mass is 420 g/mol. The maximum Gasteiger partial charge on any atom is 0.255 e. The lowest BCUT2D eigenvalue weighted by atomic mass is 10.0. The highest BCUT2D eigenvalue weighted by Crippen LogP contribution is 2.25. The Hall–Kier alpha value is -3.71. The van der Waals surface area contributed by atoms with Gasteiger partial charge in [-0.05, 0) is 17.7 Å². The summed E-state index contributed by atoms with van der Waals surface area (Å²) < 4.78 is 5.22. The second-order valence-electron chi connectivity index (χ2n) is 6.50. The van der Waals surface area contributed by atoms with Crippen LogP contribution in [-0.4, -0.2) is 33.8 Å². The number of nitrogens with one attached hydrogen (secondary N) is 2. The average molecular weight is 421 g/mol. The number of methoxy groups -OCH3 is 1. The number of benzene rings is 2. The van der Waals surface area contributed by atoms with Crippen LogP contribution in [0.4, 0.5) is 0 Å². The van der Waals surface area contributed by atoms with Crippen LogP contribution >= 0.6 is 11.6 Å². The molecule has 8 heteroatoms. The summed E-state index contributed by atoms with van der Waals surface area (Å²) in [5.41, 5.74) is 2.73. The Morgan fingerprint density at radius 2 is 1.83 bits per heavy atom. The lowest BCUT2D eigenvalue weighted by Crippen LogP contribution is -2.23. The fraction of sp³-hybridized carbons (Fsp3) is 0.0909. The second-order valence-corrected chi connectivity index (χ2v) is 6.86. The summed E-state index contributed by atoms with van der Waals surface area (Å²) in [6.45, 7) is 0.318. The topological polar surface area (TPSA) is 97.0 Å². The number of hydrogen-bond donors (Lipinski definition) is 2. The van der Waals surface area contributed by atoms with E-state index in [4.69, 9.17) is 16.3 Å². The Bertz CT molecular complexity index is 1230. The van der Waals surface area contributed by atoms with Crippen LogP contribution in [0, 0.1) is 0 Å². The molecule has 0 atom stereocenters. The molecule has 0 fully saturated rings. The average Bonchev–Trinajstić information content (AvgIpc) is 3.23. The van der Waals surface area contributed by atoms with Gasteiger partial charge in [0, 0.05) is 18.3 Å². The maximum atomic E-state index is 12.9. The zero-order valence-corrected chi connectivity index (χ0v) is 16.7. The molecular formula is C22H17ClN4O3. The molecule has 0 radical (unpaired) electrons. The highest BCUT2D eigenvalue weighted by atomic mass is 35.5. The molecule has 4 rings (SSSR count). The minimum Gasteiger partial charge on any atom is -0.496 e. The Morgan fingerprint density at radius 1 is 1.07 bits per heavy atom. The van der Waals surface area contributed by atoms with E-state index in [0.29, 0.717) is 40.0 Å². The molecule has 4 aromatic rings. The second kappa shape index (κ2) is 8.34. The molecule has 0 spiro atoms. The van der Waals surface area contributed by atoms with E-state index in [1.54, 1.807) is 54.7 Å². The minimum atomic E-state index is -0.235. The Morgan fingerprint density at radius 3 is 2.60 bits per heavy atom. The van der Waals surface area contributed by atoms with E-state index in [-0.39, 0.29) is 16.8 Å². The molecule has 0 saturated carbocycles. The van der Waals surface area contributed by atoms with Crippen LogP contribution < -0.4 is 10.1 Å². The number of para-hydroxylation sites is 1. The summed E-state index contributed by atoms with van der Waals surface area (Å²) in [5, 5.41) is 3.58. The predicted octanol–water partition coefficient (Wildman–Crippen LogP) is 3.78. The molecule has 150 valence electrons. The van der Waals surface area contributed by atoms with Crippen molar-refractivity contribution in [1.82, 2.24) is 20.3 Å². The summed E-state index contributed by atoms with van der Waals surface area (Å²) in [4.78, 5) is 36.3. The van der Waals surface area contributed by atoms with Crippen molar-refractivity contribution in [3.05, 3.63) is 88.5 Å². The van der Waals surface area contributed by atoms with E-state index in [0.717, 1.165) is 5.56 Å². The van der Waals surface area contributed by atoms with Gasteiger partial charge in [-0.2, -0.15) is 0 Å². The molecule has 0 aliphatic rings. The zero-order valence-electron chi connectivity index (χ0n) is 16.0. The molecule has 2 aromatic heterocycles. The number of aromatic nitrogens is 3. The van der Waals surface area contributed by atoms with Crippen molar-refractivity contribution < 1.29 is 14.3 Å². The van der Waals surface area contributed by atoms with Gasteiger partial charge in [0.15, 0.2) is 5.78 Å². The number of rotatable bonds is 6. The van der Waals surface area contributed by atoms with Crippen molar-refractivity contribution in [3.8, 4) is 5.75 Å². The van der Waals surface area contributed by atoms with E-state index in [1.165, 1.54) is 13.4 Å². The van der Waals surface area contributed by atoms with E-state index in [1.807, 2.05) is 0 Å². The van der Waals surface area contributed by atoms with Gasteiger partial charge in [-0.25, -0.2) is 9.97 Å². The highest BCUT2D eigenvalue weighted by molar-refractivity contribution is 6.36. The smallest absolute Gasteiger partial charge is 0.255 e. The van der Waals surface area contributed by atoms with Gasteiger partial charge in [-0.15, -0.1) is 0 Å². The largest absolute Gasteiger partial charge is 0.496 e. The van der Waals surface area contributed by atoms with Crippen molar-refractivity contribution in [2.24, 2.45) is 0 Å². The molecule has 2 heterocycles. The first-order chi connectivity index (χ1) is 14.6. The van der Waals surface area contributed by atoms with Gasteiger partial charge in [0.2, 0.25) is 0 Å². The first-order valence-corrected chi connectivity index (χ1v) is 9.48. The maximum absolute atomic E-state index is 12.9. The molecule has 0 saturated heterocycles. The first-order valence-electron chi connectivity index (χ1n) is 9.11. The fourth-order valence-electron chi connectivity index (χ4n) is 3.14. The number of carbonyl (C=O) groups excluding carboxylic acids is 2. The van der Waals surface area contributed by atoms with Crippen molar-refractivity contribution in [1.29, 1.82) is 0 Å². The molecular weight excluding hydrogens is 404 g/mol. The molecule has 0 aliphatic carbocycles. The number of hydrogen-bond acceptors (Lipinski definition) is 5. The number of carbonyl (C=O) groups is 2. The fourth-order valence-corrected chi connectivity index (χ4v) is 3.38. The van der Waals surface area contributed by atoms with E-state index >= 15 is 0 Å². The standard InChI is InChI=1S/C22H17ClN4O3/c1-30-17-5-3-2-4-15(17)22(29)25-10-13-6-8-14(9-7-13)19(28)16-11-24-21-18(16)20(23)26-12-27-21/h2-9,11-12H,10H2,1H3,(H,25,29)(H,24,26,27). The number of ketones is 1. The van der Waals surface area contributed by atoms with Gasteiger partial charge in [0.05, 0.1) is 23.6 Å². The van der Waals surface area contributed by atoms with E-state index < -0.39 is 0 Å². The van der Waals surface area contributed by atoms with Crippen molar-refractivity contribution >= 4 is 34.3 Å². The van der Waals surface area contributed by atoms with Gasteiger partial charge in [-0.3, -0.25) is 9.59 Å². The third-order valence-electron chi connectivity index (χ3n) is 4.69. The molecule has 7 nitrogen and oxygen atoms in total. The van der Waals surface area contributed by atoms with Crippen LogP contribution in [-0.2, 0) is 6.54 Å². The number of amides is 1. The predicted molar refractivity (Wildman–Crippen MR) is 113 cm³/mol. The Balaban J connectivity index is 1.47. The summed E-state index contributed by atoms with van der Waals surface area (Å²) in [6, 6.07) is 14.0. The Labute approximate surface area is 177 Å². The molecule has 0 bridgehead atoms. The quantitative estimate of drug-likeness (QED) is 0.365. The van der Waals surface area contributed by atoms with Crippen LogP contribution in [0.5, 0.6) is 5.75 Å². The van der Waals surface area contributed by atoms with Crippen LogP contribution in [0.1, 0.15) is 31.8 Å². The van der Waals surface area contributed by atoms with Gasteiger partial charge in [-0.1, -0.05) is 48.0 Å². The summed E-state index contributed by atoms with van der Waals surface area (Å²) >= 11 is 6.13. The molecule has 30 heavy (non-hydrogen) atoms. The highest BCUT2D eigenvalue weighted by Gasteiger charge is 2.18. The van der Waals surface area contributed by atoms with Gasteiger partial charge < -0.3 is 15.0 Å². The van der Waals surface area contributed by atoms with Crippen LogP contribution in [0.15, 0.2) is 61.1 Å². The van der Waals surface area contributed by atoms with E-state index in [2.05, 4.69) is 20.3 Å². The SMILES string of the molecule is COc1ccccc1C(=O)NCc1ccc(C(=O)c2c[nH]c3ncnc(Cl)c23)cc1. The molecule has 2 N–H and O–H groups in total. The molecule has 1 amide bonds. The van der Waals surface area contributed by atoms with Crippen molar-refractivity contribution in [2.45, 2.75) is 6.54 Å². The lowest BCUT2D eigenvalue weighted by Gasteiger charge is -2.09. The number of aromatic amines is 1. The molecule has 0 unspecified atom stereocenters. The molecule has 2 aromatic carbocycles. The van der Waals surface area contributed by atoms with Crippen LogP contribution in [0.3, 0.4) is 0 Å². The van der Waals surface area contributed by atoms with Crippen molar-refractivity contribution in [2.75, 3.05) is 7.11 Å². The number of ether oxygens (including phenoxy) is 1. The van der Waals surface area contributed by atoms with Crippen LogP contribution in [0.25, 0.3) is 11.0 Å². The third-order valence-corrected chi connectivity index (χ3v) is 4.98.